The summed E-state index contributed by atoms with van der Waals surface area (Å²) in [5.74, 6) is -0.433. The molecule has 0 aliphatic carbocycles. The van der Waals surface area contributed by atoms with Crippen LogP contribution in [0.25, 0.3) is 5.65 Å². The zero-order valence-corrected chi connectivity index (χ0v) is 13.1. The lowest BCUT2D eigenvalue weighted by Crippen LogP contribution is -2.23. The van der Waals surface area contributed by atoms with Gasteiger partial charge in [0.15, 0.2) is 5.65 Å². The van der Waals surface area contributed by atoms with Crippen molar-refractivity contribution in [2.24, 2.45) is 0 Å². The second-order valence-electron chi connectivity index (χ2n) is 5.27. The minimum atomic E-state index is -0.976. The lowest BCUT2D eigenvalue weighted by molar-refractivity contribution is 0.0696. The summed E-state index contributed by atoms with van der Waals surface area (Å²) in [6.07, 6.45) is 2.55. The van der Waals surface area contributed by atoms with Gasteiger partial charge in [-0.05, 0) is 29.8 Å². The smallest absolute Gasteiger partial charge is 0.335 e. The number of aromatic carboxylic acids is 1. The van der Waals surface area contributed by atoms with Crippen LogP contribution in [0, 0.1) is 0 Å². The van der Waals surface area contributed by atoms with Crippen LogP contribution in [-0.2, 0) is 13.0 Å². The first-order valence-electron chi connectivity index (χ1n) is 7.53. The number of amides is 1. The van der Waals surface area contributed by atoms with Crippen LogP contribution >= 0.6 is 0 Å². The summed E-state index contributed by atoms with van der Waals surface area (Å²) >= 11 is 0. The molecule has 0 unspecified atom stereocenters. The zero-order valence-electron chi connectivity index (χ0n) is 13.1. The van der Waals surface area contributed by atoms with Gasteiger partial charge in [-0.25, -0.2) is 4.79 Å². The second-order valence-corrected chi connectivity index (χ2v) is 5.27. The highest BCUT2D eigenvalue weighted by Gasteiger charge is 2.14. The minimum absolute atomic E-state index is 0.213. The van der Waals surface area contributed by atoms with E-state index >= 15 is 0 Å². The number of fused-ring (bicyclic) bond motifs is 1. The number of nitrogens with zero attached hydrogens (tertiary/aromatic N) is 3. The molecular formula is C17H16N4O3. The summed E-state index contributed by atoms with van der Waals surface area (Å²) in [5.41, 5.74) is 2.00. The molecule has 3 aromatic rings. The maximum Gasteiger partial charge on any atom is 0.335 e. The van der Waals surface area contributed by atoms with Gasteiger partial charge in [0.2, 0.25) is 0 Å². The molecule has 3 rings (SSSR count). The monoisotopic (exact) mass is 324 g/mol. The Balaban J connectivity index is 1.75. The Hall–Kier alpha value is -3.22. The third-order valence-electron chi connectivity index (χ3n) is 3.72. The van der Waals surface area contributed by atoms with E-state index in [0.717, 1.165) is 17.8 Å². The third-order valence-corrected chi connectivity index (χ3v) is 3.72. The van der Waals surface area contributed by atoms with Crippen LogP contribution in [0.2, 0.25) is 0 Å². The van der Waals surface area contributed by atoms with Gasteiger partial charge in [-0.15, -0.1) is 10.2 Å². The van der Waals surface area contributed by atoms with E-state index in [1.807, 2.05) is 13.1 Å². The summed E-state index contributed by atoms with van der Waals surface area (Å²) in [7, 11) is 0. The van der Waals surface area contributed by atoms with Gasteiger partial charge in [0, 0.05) is 19.2 Å². The SMILES string of the molecule is CCc1nnc2c(C(=O)NCc3ccc(C(=O)O)cc3)cccn12. The number of aromatic nitrogens is 3. The molecule has 2 heterocycles. The van der Waals surface area contributed by atoms with Crippen molar-refractivity contribution < 1.29 is 14.7 Å². The molecule has 0 radical (unpaired) electrons. The first-order valence-corrected chi connectivity index (χ1v) is 7.53. The molecule has 2 N–H and O–H groups in total. The maximum atomic E-state index is 12.4. The van der Waals surface area contributed by atoms with E-state index < -0.39 is 5.97 Å². The molecule has 1 aromatic carbocycles. The molecule has 0 spiro atoms. The lowest BCUT2D eigenvalue weighted by Gasteiger charge is -2.07. The molecule has 0 saturated heterocycles. The number of aryl methyl sites for hydroxylation is 1. The number of hydrogen-bond acceptors (Lipinski definition) is 4. The zero-order chi connectivity index (χ0) is 17.1. The summed E-state index contributed by atoms with van der Waals surface area (Å²) in [4.78, 5) is 23.2. The Morgan fingerprint density at radius 1 is 1.17 bits per heavy atom. The Bertz CT molecular complexity index is 900. The van der Waals surface area contributed by atoms with E-state index in [0.29, 0.717) is 17.8 Å². The highest BCUT2D eigenvalue weighted by molar-refractivity contribution is 5.99. The fraction of sp³-hybridized carbons (Fsp3) is 0.176. The predicted octanol–water partition coefficient (Wildman–Crippen LogP) is 1.92. The Kier molecular flexibility index (Phi) is 4.24. The van der Waals surface area contributed by atoms with Crippen molar-refractivity contribution in [2.45, 2.75) is 19.9 Å². The van der Waals surface area contributed by atoms with Gasteiger partial charge in [-0.2, -0.15) is 0 Å². The van der Waals surface area contributed by atoms with Crippen molar-refractivity contribution in [1.82, 2.24) is 19.9 Å². The molecule has 7 nitrogen and oxygen atoms in total. The van der Waals surface area contributed by atoms with Crippen molar-refractivity contribution in [3.63, 3.8) is 0 Å². The third kappa shape index (κ3) is 2.96. The second kappa shape index (κ2) is 6.49. The van der Waals surface area contributed by atoms with Crippen molar-refractivity contribution >= 4 is 17.5 Å². The number of pyridine rings is 1. The Labute approximate surface area is 138 Å². The number of rotatable bonds is 5. The minimum Gasteiger partial charge on any atom is -0.478 e. The predicted molar refractivity (Wildman–Crippen MR) is 86.9 cm³/mol. The fourth-order valence-electron chi connectivity index (χ4n) is 2.42. The Morgan fingerprint density at radius 3 is 2.58 bits per heavy atom. The van der Waals surface area contributed by atoms with E-state index in [1.165, 1.54) is 12.1 Å². The molecule has 1 amide bonds. The summed E-state index contributed by atoms with van der Waals surface area (Å²) in [6.45, 7) is 2.28. The summed E-state index contributed by atoms with van der Waals surface area (Å²) < 4.78 is 1.80. The highest BCUT2D eigenvalue weighted by atomic mass is 16.4. The molecule has 122 valence electrons. The molecule has 0 atom stereocenters. The molecule has 0 bridgehead atoms. The quantitative estimate of drug-likeness (QED) is 0.747. The Morgan fingerprint density at radius 2 is 1.92 bits per heavy atom. The number of nitrogens with one attached hydrogen (secondary N) is 1. The number of benzene rings is 1. The molecule has 7 heteroatoms. The molecule has 0 fully saturated rings. The van der Waals surface area contributed by atoms with Crippen LogP contribution < -0.4 is 5.32 Å². The van der Waals surface area contributed by atoms with Crippen LogP contribution in [0.15, 0.2) is 42.6 Å². The van der Waals surface area contributed by atoms with Gasteiger partial charge in [-0.3, -0.25) is 9.20 Å². The highest BCUT2D eigenvalue weighted by Crippen LogP contribution is 2.11. The topological polar surface area (TPSA) is 96.6 Å². The van der Waals surface area contributed by atoms with E-state index in [4.69, 9.17) is 5.11 Å². The van der Waals surface area contributed by atoms with Crippen LogP contribution in [0.4, 0.5) is 0 Å². The number of carbonyl (C=O) groups excluding carboxylic acids is 1. The van der Waals surface area contributed by atoms with Gasteiger partial charge < -0.3 is 10.4 Å². The van der Waals surface area contributed by atoms with E-state index in [1.54, 1.807) is 28.7 Å². The maximum absolute atomic E-state index is 12.4. The van der Waals surface area contributed by atoms with Gasteiger partial charge in [0.25, 0.3) is 5.91 Å². The van der Waals surface area contributed by atoms with Gasteiger partial charge in [0.05, 0.1) is 11.1 Å². The standard InChI is InChI=1S/C17H16N4O3/c1-2-14-19-20-15-13(4-3-9-21(14)15)16(22)18-10-11-5-7-12(8-6-11)17(23)24/h3-9H,2,10H2,1H3,(H,18,22)(H,23,24). The fourth-order valence-corrected chi connectivity index (χ4v) is 2.42. The van der Waals surface area contributed by atoms with Crippen molar-refractivity contribution in [2.75, 3.05) is 0 Å². The normalized spacial score (nSPS) is 10.7. The van der Waals surface area contributed by atoms with Crippen LogP contribution in [-0.4, -0.2) is 31.6 Å². The summed E-state index contributed by atoms with van der Waals surface area (Å²) in [5, 5.41) is 19.9. The van der Waals surface area contributed by atoms with Crippen molar-refractivity contribution in [3.05, 3.63) is 65.1 Å². The van der Waals surface area contributed by atoms with E-state index in [-0.39, 0.29) is 11.5 Å². The number of carboxylic acids is 1. The molecule has 0 aliphatic heterocycles. The first-order chi connectivity index (χ1) is 11.6. The van der Waals surface area contributed by atoms with Gasteiger partial charge in [-0.1, -0.05) is 19.1 Å². The number of hydrogen-bond donors (Lipinski definition) is 2. The van der Waals surface area contributed by atoms with E-state index in [9.17, 15) is 9.59 Å². The molecule has 24 heavy (non-hydrogen) atoms. The van der Waals surface area contributed by atoms with Gasteiger partial charge in [0.1, 0.15) is 5.82 Å². The number of carboxylic acid groups (broad SMARTS) is 1. The largest absolute Gasteiger partial charge is 0.478 e. The van der Waals surface area contributed by atoms with Crippen LogP contribution in [0.1, 0.15) is 39.0 Å². The summed E-state index contributed by atoms with van der Waals surface area (Å²) in [6, 6.07) is 9.86. The lowest BCUT2D eigenvalue weighted by atomic mass is 10.1. The average Bonchev–Trinajstić information content (AvgIpc) is 3.03. The molecule has 0 aliphatic rings. The first kappa shape index (κ1) is 15.7. The van der Waals surface area contributed by atoms with Crippen molar-refractivity contribution in [1.29, 1.82) is 0 Å². The molecular weight excluding hydrogens is 308 g/mol. The molecule has 0 saturated carbocycles. The van der Waals surface area contributed by atoms with E-state index in [2.05, 4.69) is 15.5 Å². The van der Waals surface area contributed by atoms with Crippen LogP contribution in [0.5, 0.6) is 0 Å². The van der Waals surface area contributed by atoms with Gasteiger partial charge >= 0.3 is 5.97 Å². The molecule has 2 aromatic heterocycles. The number of carbonyl (C=O) groups is 2. The average molecular weight is 324 g/mol. The van der Waals surface area contributed by atoms with Crippen LogP contribution in [0.3, 0.4) is 0 Å². The van der Waals surface area contributed by atoms with Crippen molar-refractivity contribution in [3.8, 4) is 0 Å².